The van der Waals surface area contributed by atoms with E-state index in [1.165, 1.54) is 42.8 Å². The Hall–Kier alpha value is -0.410. The molecule has 1 atom stereocenters. The van der Waals surface area contributed by atoms with Crippen LogP contribution in [0.15, 0.2) is 0 Å². The van der Waals surface area contributed by atoms with Gasteiger partial charge in [0.05, 0.1) is 10.7 Å². The third-order valence-electron chi connectivity index (χ3n) is 3.41. The third kappa shape index (κ3) is 2.08. The quantitative estimate of drug-likeness (QED) is 0.850. The van der Waals surface area contributed by atoms with Crippen LogP contribution in [0.2, 0.25) is 0 Å². The first-order chi connectivity index (χ1) is 7.33. The predicted octanol–water partition coefficient (Wildman–Crippen LogP) is 2.62. The molecule has 1 fully saturated rings. The lowest BCUT2D eigenvalue weighted by atomic mass is 9.91. The molecule has 0 aromatic carbocycles. The number of fused-ring (bicyclic) bond motifs is 1. The van der Waals surface area contributed by atoms with Crippen molar-refractivity contribution in [2.24, 2.45) is 0 Å². The molecule has 2 aliphatic carbocycles. The number of aryl methyl sites for hydroxylation is 2. The van der Waals surface area contributed by atoms with E-state index in [0.29, 0.717) is 5.92 Å². The van der Waals surface area contributed by atoms with Gasteiger partial charge in [0.1, 0.15) is 0 Å². The van der Waals surface area contributed by atoms with Gasteiger partial charge in [-0.2, -0.15) is 0 Å². The van der Waals surface area contributed by atoms with E-state index in [2.05, 4.69) is 12.2 Å². The van der Waals surface area contributed by atoms with Crippen molar-refractivity contribution < 1.29 is 0 Å². The van der Waals surface area contributed by atoms with E-state index in [4.69, 9.17) is 4.98 Å². The van der Waals surface area contributed by atoms with Crippen LogP contribution in [-0.4, -0.2) is 17.6 Å². The van der Waals surface area contributed by atoms with Crippen LogP contribution in [0.3, 0.4) is 0 Å². The molecule has 0 amide bonds. The maximum absolute atomic E-state index is 4.71. The van der Waals surface area contributed by atoms with Gasteiger partial charge in [-0.15, -0.1) is 11.3 Å². The number of hydrogen-bond acceptors (Lipinski definition) is 3. The summed E-state index contributed by atoms with van der Waals surface area (Å²) in [6, 6.07) is 0.829. The Kier molecular flexibility index (Phi) is 2.53. The first-order valence-electron chi connectivity index (χ1n) is 6.02. The average molecular weight is 222 g/mol. The molecular formula is C12H18N2S. The Labute approximate surface area is 95.1 Å². The zero-order chi connectivity index (χ0) is 10.3. The second-order valence-electron chi connectivity index (χ2n) is 4.81. The summed E-state index contributed by atoms with van der Waals surface area (Å²) in [7, 11) is 0. The van der Waals surface area contributed by atoms with Crippen molar-refractivity contribution in [3.8, 4) is 0 Å². The van der Waals surface area contributed by atoms with Crippen LogP contribution < -0.4 is 5.32 Å². The number of hydrogen-bond donors (Lipinski definition) is 1. The van der Waals surface area contributed by atoms with Crippen LogP contribution in [0, 0.1) is 6.92 Å². The fourth-order valence-corrected chi connectivity index (χ4v) is 3.49. The Morgan fingerprint density at radius 2 is 2.27 bits per heavy atom. The smallest absolute Gasteiger partial charge is 0.0900 e. The van der Waals surface area contributed by atoms with Crippen molar-refractivity contribution >= 4 is 11.3 Å². The molecular weight excluding hydrogens is 204 g/mol. The van der Waals surface area contributed by atoms with E-state index in [-0.39, 0.29) is 0 Å². The van der Waals surface area contributed by atoms with Crippen LogP contribution in [0.25, 0.3) is 0 Å². The van der Waals surface area contributed by atoms with Crippen molar-refractivity contribution in [2.45, 2.75) is 51.0 Å². The molecule has 15 heavy (non-hydrogen) atoms. The zero-order valence-electron chi connectivity index (χ0n) is 9.25. The zero-order valence-corrected chi connectivity index (χ0v) is 10.1. The Balaban J connectivity index is 1.72. The molecule has 0 aliphatic heterocycles. The maximum atomic E-state index is 4.71. The molecule has 0 radical (unpaired) electrons. The molecule has 2 aliphatic rings. The maximum Gasteiger partial charge on any atom is 0.0900 e. The lowest BCUT2D eigenvalue weighted by molar-refractivity contribution is 0.500. The fourth-order valence-electron chi connectivity index (χ4n) is 2.42. The first kappa shape index (κ1) is 9.79. The van der Waals surface area contributed by atoms with Crippen LogP contribution in [-0.2, 0) is 6.42 Å². The first-order valence-corrected chi connectivity index (χ1v) is 6.84. The lowest BCUT2D eigenvalue weighted by Gasteiger charge is -2.21. The van der Waals surface area contributed by atoms with Gasteiger partial charge in [0, 0.05) is 23.4 Å². The highest BCUT2D eigenvalue weighted by molar-refractivity contribution is 7.11. The highest BCUT2D eigenvalue weighted by Gasteiger charge is 2.27. The molecule has 3 heteroatoms. The second kappa shape index (κ2) is 3.87. The van der Waals surface area contributed by atoms with Gasteiger partial charge in [-0.1, -0.05) is 0 Å². The Morgan fingerprint density at radius 1 is 1.40 bits per heavy atom. The number of thiazole rings is 1. The summed E-state index contributed by atoms with van der Waals surface area (Å²) in [5.41, 5.74) is 1.41. The Bertz CT molecular complexity index is 355. The molecule has 0 bridgehead atoms. The van der Waals surface area contributed by atoms with Crippen LogP contribution in [0.5, 0.6) is 0 Å². The van der Waals surface area contributed by atoms with Gasteiger partial charge in [0.25, 0.3) is 0 Å². The molecule has 1 N–H and O–H groups in total. The molecule has 82 valence electrons. The number of nitrogens with zero attached hydrogens (tertiary/aromatic N) is 1. The monoisotopic (exact) mass is 222 g/mol. The number of aromatic nitrogens is 1. The summed E-state index contributed by atoms with van der Waals surface area (Å²) in [5.74, 6) is 0.694. The van der Waals surface area contributed by atoms with E-state index in [1.54, 1.807) is 4.88 Å². The molecule has 0 saturated heterocycles. The van der Waals surface area contributed by atoms with Crippen molar-refractivity contribution in [1.82, 2.24) is 10.3 Å². The second-order valence-corrected chi connectivity index (χ2v) is 6.10. The van der Waals surface area contributed by atoms with E-state index < -0.39 is 0 Å². The SMILES string of the molecule is Cc1nc2c(s1)CCCC2CNC1CC1. The molecule has 1 unspecified atom stereocenters. The van der Waals surface area contributed by atoms with Gasteiger partial charge in [0.15, 0.2) is 0 Å². The number of rotatable bonds is 3. The van der Waals surface area contributed by atoms with Gasteiger partial charge < -0.3 is 5.32 Å². The normalized spacial score (nSPS) is 25.3. The summed E-state index contributed by atoms with van der Waals surface area (Å²) < 4.78 is 0. The molecule has 3 rings (SSSR count). The van der Waals surface area contributed by atoms with E-state index >= 15 is 0 Å². The van der Waals surface area contributed by atoms with Crippen molar-refractivity contribution in [3.63, 3.8) is 0 Å². The van der Waals surface area contributed by atoms with Crippen LogP contribution in [0.4, 0.5) is 0 Å². The molecule has 2 nitrogen and oxygen atoms in total. The minimum atomic E-state index is 0.694. The minimum absolute atomic E-state index is 0.694. The van der Waals surface area contributed by atoms with E-state index in [9.17, 15) is 0 Å². The summed E-state index contributed by atoms with van der Waals surface area (Å²) in [5, 5.41) is 4.89. The molecule has 1 saturated carbocycles. The molecule has 1 aromatic rings. The fraction of sp³-hybridized carbons (Fsp3) is 0.750. The molecule has 1 heterocycles. The summed E-state index contributed by atoms with van der Waals surface area (Å²) in [6.07, 6.45) is 6.72. The standard InChI is InChI=1S/C12H18N2S/c1-8-14-12-9(7-13-10-5-6-10)3-2-4-11(12)15-8/h9-10,13H,2-7H2,1H3. The van der Waals surface area contributed by atoms with Gasteiger partial charge in [-0.05, 0) is 39.0 Å². The topological polar surface area (TPSA) is 24.9 Å². The molecule has 0 spiro atoms. The minimum Gasteiger partial charge on any atom is -0.313 e. The summed E-state index contributed by atoms with van der Waals surface area (Å²) in [4.78, 5) is 6.27. The Morgan fingerprint density at radius 3 is 3.07 bits per heavy atom. The van der Waals surface area contributed by atoms with Gasteiger partial charge in [-0.3, -0.25) is 0 Å². The highest BCUT2D eigenvalue weighted by Crippen LogP contribution is 2.34. The highest BCUT2D eigenvalue weighted by atomic mass is 32.1. The summed E-state index contributed by atoms with van der Waals surface area (Å²) >= 11 is 1.90. The van der Waals surface area contributed by atoms with Crippen molar-refractivity contribution in [1.29, 1.82) is 0 Å². The van der Waals surface area contributed by atoms with Gasteiger partial charge in [-0.25, -0.2) is 4.98 Å². The van der Waals surface area contributed by atoms with E-state index in [0.717, 1.165) is 12.6 Å². The van der Waals surface area contributed by atoms with Gasteiger partial charge >= 0.3 is 0 Å². The largest absolute Gasteiger partial charge is 0.313 e. The number of nitrogens with one attached hydrogen (secondary N) is 1. The third-order valence-corrected chi connectivity index (χ3v) is 4.45. The lowest BCUT2D eigenvalue weighted by Crippen LogP contribution is -2.25. The van der Waals surface area contributed by atoms with Crippen LogP contribution in [0.1, 0.15) is 47.2 Å². The van der Waals surface area contributed by atoms with Crippen molar-refractivity contribution in [3.05, 3.63) is 15.6 Å². The predicted molar refractivity (Wildman–Crippen MR) is 63.6 cm³/mol. The van der Waals surface area contributed by atoms with Gasteiger partial charge in [0.2, 0.25) is 0 Å². The van der Waals surface area contributed by atoms with Crippen molar-refractivity contribution in [2.75, 3.05) is 6.54 Å². The summed E-state index contributed by atoms with van der Waals surface area (Å²) in [6.45, 7) is 3.29. The average Bonchev–Trinajstić information content (AvgIpc) is 2.96. The van der Waals surface area contributed by atoms with Crippen LogP contribution >= 0.6 is 11.3 Å². The van der Waals surface area contributed by atoms with E-state index in [1.807, 2.05) is 11.3 Å². The molecule has 1 aromatic heterocycles.